The highest BCUT2D eigenvalue weighted by molar-refractivity contribution is 5.87. The normalized spacial score (nSPS) is 29.0. The van der Waals surface area contributed by atoms with Crippen LogP contribution in [0.25, 0.3) is 0 Å². The number of carbonyl (C=O) groups excluding carboxylic acids is 1. The number of likely N-dealkylation sites (tertiary alicyclic amines) is 1. The highest BCUT2D eigenvalue weighted by Gasteiger charge is 2.58. The van der Waals surface area contributed by atoms with Crippen LogP contribution in [0.4, 0.5) is 0 Å². The molecule has 1 saturated heterocycles. The van der Waals surface area contributed by atoms with Crippen molar-refractivity contribution in [1.29, 1.82) is 0 Å². The van der Waals surface area contributed by atoms with E-state index in [2.05, 4.69) is 47.5 Å². The zero-order chi connectivity index (χ0) is 21.4. The number of nitrogens with one attached hydrogen (secondary N) is 1. The van der Waals surface area contributed by atoms with Gasteiger partial charge in [0.1, 0.15) is 0 Å². The Kier molecular flexibility index (Phi) is 5.61. The molecule has 1 aliphatic heterocycles. The number of rotatable bonds is 6. The Morgan fingerprint density at radius 3 is 2.16 bits per heavy atom. The predicted molar refractivity (Wildman–Crippen MR) is 122 cm³/mol. The van der Waals surface area contributed by atoms with Crippen molar-refractivity contribution >= 4 is 5.91 Å². The molecule has 0 spiro atoms. The van der Waals surface area contributed by atoms with Gasteiger partial charge in [0.15, 0.2) is 5.60 Å². The molecule has 2 saturated carbocycles. The number of fused-ring (bicyclic) bond motifs is 1. The van der Waals surface area contributed by atoms with Gasteiger partial charge in [-0.1, -0.05) is 79.9 Å². The maximum Gasteiger partial charge on any atom is 0.257 e. The quantitative estimate of drug-likeness (QED) is 0.737. The first-order valence-corrected chi connectivity index (χ1v) is 12.0. The van der Waals surface area contributed by atoms with Crippen molar-refractivity contribution in [2.45, 2.75) is 56.7 Å². The minimum absolute atomic E-state index is 0.00292. The van der Waals surface area contributed by atoms with Gasteiger partial charge in [-0.25, -0.2) is 0 Å². The topological polar surface area (TPSA) is 52.6 Å². The Morgan fingerprint density at radius 1 is 0.968 bits per heavy atom. The number of amides is 1. The molecular formula is C27H34N2O2. The molecule has 2 aromatic carbocycles. The van der Waals surface area contributed by atoms with Crippen LogP contribution in [0.2, 0.25) is 0 Å². The van der Waals surface area contributed by atoms with E-state index in [-0.39, 0.29) is 17.9 Å². The van der Waals surface area contributed by atoms with Crippen LogP contribution in [0.1, 0.15) is 56.2 Å². The summed E-state index contributed by atoms with van der Waals surface area (Å²) in [6.07, 6.45) is 5.21. The van der Waals surface area contributed by atoms with Gasteiger partial charge >= 0.3 is 0 Å². The van der Waals surface area contributed by atoms with Crippen molar-refractivity contribution < 1.29 is 9.90 Å². The molecule has 4 heteroatoms. The summed E-state index contributed by atoms with van der Waals surface area (Å²) in [6, 6.07) is 20.8. The van der Waals surface area contributed by atoms with Gasteiger partial charge in [0.05, 0.1) is 0 Å². The molecule has 0 radical (unpaired) electrons. The lowest BCUT2D eigenvalue weighted by molar-refractivity contribution is -0.149. The lowest BCUT2D eigenvalue weighted by Gasteiger charge is -2.38. The molecule has 0 bridgehead atoms. The van der Waals surface area contributed by atoms with Crippen LogP contribution in [0.15, 0.2) is 60.7 Å². The van der Waals surface area contributed by atoms with Crippen molar-refractivity contribution in [2.75, 3.05) is 13.1 Å². The molecule has 0 aromatic heterocycles. The summed E-state index contributed by atoms with van der Waals surface area (Å²) in [4.78, 5) is 16.0. The maximum absolute atomic E-state index is 13.5. The maximum atomic E-state index is 13.5. The average molecular weight is 419 g/mol. The highest BCUT2D eigenvalue weighted by Crippen LogP contribution is 2.49. The lowest BCUT2D eigenvalue weighted by Crippen LogP contribution is -2.52. The third kappa shape index (κ3) is 3.81. The second kappa shape index (κ2) is 8.40. The minimum Gasteiger partial charge on any atom is -0.375 e. The summed E-state index contributed by atoms with van der Waals surface area (Å²) in [7, 11) is 0. The Balaban J connectivity index is 1.26. The summed E-state index contributed by atoms with van der Waals surface area (Å²) in [5, 5.41) is 15.1. The number of aliphatic hydroxyl groups is 1. The van der Waals surface area contributed by atoms with Crippen LogP contribution in [-0.4, -0.2) is 35.0 Å². The van der Waals surface area contributed by atoms with Crippen LogP contribution in [0.3, 0.4) is 0 Å². The van der Waals surface area contributed by atoms with Crippen LogP contribution in [0, 0.1) is 17.8 Å². The molecular weight excluding hydrogens is 384 g/mol. The number of benzene rings is 2. The van der Waals surface area contributed by atoms with Crippen molar-refractivity contribution in [1.82, 2.24) is 10.2 Å². The zero-order valence-electron chi connectivity index (χ0n) is 18.4. The highest BCUT2D eigenvalue weighted by atomic mass is 16.3. The number of hydrogen-bond donors (Lipinski definition) is 2. The third-order valence-corrected chi connectivity index (χ3v) is 8.11. The van der Waals surface area contributed by atoms with Gasteiger partial charge in [-0.15, -0.1) is 0 Å². The first kappa shape index (κ1) is 20.7. The van der Waals surface area contributed by atoms with E-state index < -0.39 is 5.60 Å². The van der Waals surface area contributed by atoms with E-state index in [1.165, 1.54) is 12.0 Å². The van der Waals surface area contributed by atoms with Gasteiger partial charge in [0.2, 0.25) is 0 Å². The first-order chi connectivity index (χ1) is 15.1. The summed E-state index contributed by atoms with van der Waals surface area (Å²) in [5.41, 5.74) is 0.667. The fraction of sp³-hybridized carbons (Fsp3) is 0.519. The fourth-order valence-corrected chi connectivity index (χ4v) is 6.06. The Morgan fingerprint density at radius 2 is 1.55 bits per heavy atom. The fourth-order valence-electron chi connectivity index (χ4n) is 6.06. The summed E-state index contributed by atoms with van der Waals surface area (Å²) in [5.74, 6) is 0.812. The van der Waals surface area contributed by atoms with Gasteiger partial charge in [-0.3, -0.25) is 9.69 Å². The second-order valence-electron chi connectivity index (χ2n) is 9.83. The van der Waals surface area contributed by atoms with E-state index in [9.17, 15) is 9.90 Å². The largest absolute Gasteiger partial charge is 0.375 e. The Bertz CT molecular complexity index is 884. The van der Waals surface area contributed by atoms with Crippen LogP contribution < -0.4 is 5.32 Å². The van der Waals surface area contributed by atoms with Crippen molar-refractivity contribution in [2.24, 2.45) is 17.8 Å². The second-order valence-corrected chi connectivity index (χ2v) is 9.83. The Hall–Kier alpha value is -2.17. The molecule has 5 atom stereocenters. The molecule has 1 heterocycles. The number of nitrogens with zero attached hydrogens (tertiary/aromatic N) is 1. The van der Waals surface area contributed by atoms with Crippen LogP contribution in [-0.2, 0) is 10.4 Å². The zero-order valence-corrected chi connectivity index (χ0v) is 18.4. The molecule has 5 rings (SSSR count). The lowest BCUT2D eigenvalue weighted by atomic mass is 9.73. The molecule has 3 aliphatic rings. The van der Waals surface area contributed by atoms with E-state index in [0.717, 1.165) is 44.3 Å². The van der Waals surface area contributed by atoms with E-state index >= 15 is 0 Å². The van der Waals surface area contributed by atoms with Gasteiger partial charge in [0.25, 0.3) is 5.91 Å². The standard InChI is InChI=1S/C27H34N2O2/c1-19(20-11-5-2-6-12-20)29-17-23-24(18-29)25(23)28-26(30)27(31,21-13-7-3-8-14-21)22-15-9-4-10-16-22/h2-3,5-8,11-14,19,22-25,31H,4,9-10,15-18H2,1H3,(H,28,30)/t19?,23-,24+,25?,27?. The van der Waals surface area contributed by atoms with Gasteiger partial charge in [-0.05, 0) is 42.7 Å². The third-order valence-electron chi connectivity index (χ3n) is 8.11. The molecule has 31 heavy (non-hydrogen) atoms. The molecule has 4 nitrogen and oxygen atoms in total. The monoisotopic (exact) mass is 418 g/mol. The minimum atomic E-state index is -1.42. The summed E-state index contributed by atoms with van der Waals surface area (Å²) in [6.45, 7) is 4.29. The number of hydrogen-bond acceptors (Lipinski definition) is 3. The van der Waals surface area contributed by atoms with Crippen LogP contribution in [0.5, 0.6) is 0 Å². The van der Waals surface area contributed by atoms with E-state index in [1.54, 1.807) is 0 Å². The summed E-state index contributed by atoms with van der Waals surface area (Å²) < 4.78 is 0. The molecule has 164 valence electrons. The van der Waals surface area contributed by atoms with Gasteiger partial charge in [0, 0.05) is 31.1 Å². The van der Waals surface area contributed by atoms with Crippen molar-refractivity contribution in [3.05, 3.63) is 71.8 Å². The average Bonchev–Trinajstić information content (AvgIpc) is 3.26. The van der Waals surface area contributed by atoms with E-state index in [4.69, 9.17) is 0 Å². The summed E-state index contributed by atoms with van der Waals surface area (Å²) >= 11 is 0. The SMILES string of the molecule is CC(c1ccccc1)N1C[C@@H]2C(NC(=O)C(O)(c3ccccc3)C3CCCCC3)[C@@H]2C1. The molecule has 3 fully saturated rings. The van der Waals surface area contributed by atoms with Gasteiger partial charge in [-0.2, -0.15) is 0 Å². The van der Waals surface area contributed by atoms with Crippen molar-refractivity contribution in [3.8, 4) is 0 Å². The molecule has 2 aliphatic carbocycles. The predicted octanol–water partition coefficient (Wildman–Crippen LogP) is 4.26. The van der Waals surface area contributed by atoms with Crippen molar-refractivity contribution in [3.63, 3.8) is 0 Å². The number of piperidine rings is 1. The number of carbonyl (C=O) groups is 1. The molecule has 3 unspecified atom stereocenters. The van der Waals surface area contributed by atoms with E-state index in [0.29, 0.717) is 17.9 Å². The Labute approximate surface area is 185 Å². The first-order valence-electron chi connectivity index (χ1n) is 12.0. The van der Waals surface area contributed by atoms with E-state index in [1.807, 2.05) is 30.3 Å². The molecule has 2 N–H and O–H groups in total. The molecule has 1 amide bonds. The van der Waals surface area contributed by atoms with Gasteiger partial charge < -0.3 is 10.4 Å². The van der Waals surface area contributed by atoms with Crippen LogP contribution >= 0.6 is 0 Å². The molecule has 2 aromatic rings. The smallest absolute Gasteiger partial charge is 0.257 e.